The van der Waals surface area contributed by atoms with E-state index in [9.17, 15) is 0 Å². The maximum Gasteiger partial charge on any atom is 0.181 e. The highest BCUT2D eigenvalue weighted by Gasteiger charge is 2.36. The number of hydrogen-bond acceptors (Lipinski definition) is 5. The molecule has 0 amide bonds. The van der Waals surface area contributed by atoms with Gasteiger partial charge < -0.3 is 25.2 Å². The first-order chi connectivity index (χ1) is 4.61. The SMILES string of the molecule is OC(O)[C@H]1O[C@H](O)C[C@@H]1O. The van der Waals surface area contributed by atoms with Gasteiger partial charge in [0.05, 0.1) is 6.10 Å². The van der Waals surface area contributed by atoms with Crippen LogP contribution in [0.5, 0.6) is 0 Å². The summed E-state index contributed by atoms with van der Waals surface area (Å²) < 4.78 is 4.54. The van der Waals surface area contributed by atoms with Crippen LogP contribution in [0.2, 0.25) is 0 Å². The normalized spacial score (nSPS) is 41.1. The standard InChI is InChI=1S/C5H10O5/c6-2-1-3(7)10-4(2)5(8)9/h2-9H,1H2/t2-,3-,4-/m0/s1. The van der Waals surface area contributed by atoms with Crippen LogP contribution in [0.15, 0.2) is 0 Å². The van der Waals surface area contributed by atoms with Gasteiger partial charge in [0.1, 0.15) is 6.10 Å². The van der Waals surface area contributed by atoms with Crippen molar-refractivity contribution in [2.24, 2.45) is 0 Å². The number of aliphatic hydroxyl groups is 4. The summed E-state index contributed by atoms with van der Waals surface area (Å²) in [6.07, 6.45) is -4.85. The van der Waals surface area contributed by atoms with Gasteiger partial charge in [0.15, 0.2) is 12.6 Å². The molecule has 1 fully saturated rings. The van der Waals surface area contributed by atoms with Gasteiger partial charge in [0, 0.05) is 6.42 Å². The first-order valence-corrected chi connectivity index (χ1v) is 2.99. The third kappa shape index (κ3) is 1.44. The van der Waals surface area contributed by atoms with Crippen molar-refractivity contribution in [3.63, 3.8) is 0 Å². The molecular weight excluding hydrogens is 140 g/mol. The first-order valence-electron chi connectivity index (χ1n) is 2.99. The van der Waals surface area contributed by atoms with Crippen LogP contribution in [0.3, 0.4) is 0 Å². The third-order valence-corrected chi connectivity index (χ3v) is 1.43. The lowest BCUT2D eigenvalue weighted by Crippen LogP contribution is -2.34. The van der Waals surface area contributed by atoms with Crippen LogP contribution in [0.1, 0.15) is 6.42 Å². The van der Waals surface area contributed by atoms with Crippen molar-refractivity contribution in [3.05, 3.63) is 0 Å². The molecule has 0 saturated carbocycles. The van der Waals surface area contributed by atoms with Crippen molar-refractivity contribution in [1.29, 1.82) is 0 Å². The number of aliphatic hydroxyl groups excluding tert-OH is 3. The summed E-state index contributed by atoms with van der Waals surface area (Å²) >= 11 is 0. The monoisotopic (exact) mass is 150 g/mol. The number of rotatable bonds is 1. The average molecular weight is 150 g/mol. The maximum atomic E-state index is 8.92. The Hall–Kier alpha value is -0.200. The summed E-state index contributed by atoms with van der Waals surface area (Å²) in [7, 11) is 0. The van der Waals surface area contributed by atoms with E-state index < -0.39 is 24.8 Å². The Bertz CT molecular complexity index is 115. The van der Waals surface area contributed by atoms with E-state index in [-0.39, 0.29) is 6.42 Å². The second kappa shape index (κ2) is 2.81. The first kappa shape index (κ1) is 7.90. The zero-order valence-corrected chi connectivity index (χ0v) is 5.21. The summed E-state index contributed by atoms with van der Waals surface area (Å²) in [5.41, 5.74) is 0. The fourth-order valence-electron chi connectivity index (χ4n) is 0.937. The molecule has 0 radical (unpaired) electrons. The molecule has 1 aliphatic rings. The largest absolute Gasteiger partial charge is 0.390 e. The minimum absolute atomic E-state index is 0.0300. The van der Waals surface area contributed by atoms with Crippen molar-refractivity contribution in [2.75, 3.05) is 0 Å². The smallest absolute Gasteiger partial charge is 0.181 e. The molecule has 3 atom stereocenters. The zero-order valence-electron chi connectivity index (χ0n) is 5.21. The van der Waals surface area contributed by atoms with Crippen molar-refractivity contribution in [2.45, 2.75) is 31.2 Å². The zero-order chi connectivity index (χ0) is 7.72. The molecule has 0 unspecified atom stereocenters. The predicted octanol–water partition coefficient (Wildman–Crippen LogP) is -2.23. The highest BCUT2D eigenvalue weighted by Crippen LogP contribution is 2.19. The van der Waals surface area contributed by atoms with Gasteiger partial charge in [-0.25, -0.2) is 0 Å². The minimum atomic E-state index is -1.73. The highest BCUT2D eigenvalue weighted by atomic mass is 16.6. The summed E-state index contributed by atoms with van der Waals surface area (Å²) in [5, 5.41) is 34.6. The van der Waals surface area contributed by atoms with Crippen LogP contribution in [0, 0.1) is 0 Å². The molecule has 1 saturated heterocycles. The second-order valence-corrected chi connectivity index (χ2v) is 2.27. The fourth-order valence-corrected chi connectivity index (χ4v) is 0.937. The Balaban J connectivity index is 2.46. The molecule has 0 aliphatic carbocycles. The Morgan fingerprint density at radius 1 is 1.30 bits per heavy atom. The van der Waals surface area contributed by atoms with E-state index in [1.165, 1.54) is 0 Å². The van der Waals surface area contributed by atoms with Gasteiger partial charge in [-0.1, -0.05) is 0 Å². The predicted molar refractivity (Wildman–Crippen MR) is 29.7 cm³/mol. The molecule has 10 heavy (non-hydrogen) atoms. The van der Waals surface area contributed by atoms with Crippen molar-refractivity contribution < 1.29 is 25.2 Å². The highest BCUT2D eigenvalue weighted by molar-refractivity contribution is 4.78. The molecule has 0 aromatic rings. The van der Waals surface area contributed by atoms with E-state index in [1.807, 2.05) is 0 Å². The summed E-state index contributed by atoms with van der Waals surface area (Å²) in [4.78, 5) is 0. The van der Waals surface area contributed by atoms with E-state index in [4.69, 9.17) is 20.4 Å². The third-order valence-electron chi connectivity index (χ3n) is 1.43. The average Bonchev–Trinajstić information content (AvgIpc) is 2.10. The van der Waals surface area contributed by atoms with E-state index in [0.717, 1.165) is 0 Å². The molecule has 0 spiro atoms. The van der Waals surface area contributed by atoms with E-state index in [2.05, 4.69) is 4.74 Å². The Labute approximate surface area is 57.5 Å². The van der Waals surface area contributed by atoms with E-state index in [1.54, 1.807) is 0 Å². The quantitative estimate of drug-likeness (QED) is 0.317. The lowest BCUT2D eigenvalue weighted by atomic mass is 10.2. The molecule has 1 aliphatic heterocycles. The molecule has 1 rings (SSSR count). The molecular formula is C5H10O5. The van der Waals surface area contributed by atoms with Gasteiger partial charge >= 0.3 is 0 Å². The van der Waals surface area contributed by atoms with Gasteiger partial charge in [-0.3, -0.25) is 0 Å². The van der Waals surface area contributed by atoms with E-state index >= 15 is 0 Å². The molecule has 0 aromatic carbocycles. The van der Waals surface area contributed by atoms with Gasteiger partial charge in [-0.2, -0.15) is 0 Å². The maximum absolute atomic E-state index is 8.92. The van der Waals surface area contributed by atoms with Gasteiger partial charge in [0.2, 0.25) is 0 Å². The lowest BCUT2D eigenvalue weighted by Gasteiger charge is -2.14. The molecule has 60 valence electrons. The molecule has 5 nitrogen and oxygen atoms in total. The fraction of sp³-hybridized carbons (Fsp3) is 1.00. The summed E-state index contributed by atoms with van der Waals surface area (Å²) in [6, 6.07) is 0. The Kier molecular flexibility index (Phi) is 2.22. The van der Waals surface area contributed by atoms with Crippen LogP contribution < -0.4 is 0 Å². The topological polar surface area (TPSA) is 90.2 Å². The molecule has 0 bridgehead atoms. The van der Waals surface area contributed by atoms with Crippen LogP contribution in [-0.2, 0) is 4.74 Å². The Morgan fingerprint density at radius 2 is 1.90 bits per heavy atom. The van der Waals surface area contributed by atoms with Crippen LogP contribution >= 0.6 is 0 Å². The second-order valence-electron chi connectivity index (χ2n) is 2.27. The summed E-state index contributed by atoms with van der Waals surface area (Å²) in [5.74, 6) is 0. The van der Waals surface area contributed by atoms with Crippen molar-refractivity contribution >= 4 is 0 Å². The van der Waals surface area contributed by atoms with Crippen molar-refractivity contribution in [1.82, 2.24) is 0 Å². The van der Waals surface area contributed by atoms with Crippen LogP contribution in [0.4, 0.5) is 0 Å². The van der Waals surface area contributed by atoms with Gasteiger partial charge in [-0.05, 0) is 0 Å². The number of ether oxygens (including phenoxy) is 1. The molecule has 1 heterocycles. The molecule has 4 N–H and O–H groups in total. The van der Waals surface area contributed by atoms with Crippen LogP contribution in [0.25, 0.3) is 0 Å². The minimum Gasteiger partial charge on any atom is -0.390 e. The molecule has 5 heteroatoms. The van der Waals surface area contributed by atoms with Crippen molar-refractivity contribution in [3.8, 4) is 0 Å². The van der Waals surface area contributed by atoms with Crippen LogP contribution in [-0.4, -0.2) is 45.2 Å². The van der Waals surface area contributed by atoms with Gasteiger partial charge in [0.25, 0.3) is 0 Å². The summed E-state index contributed by atoms with van der Waals surface area (Å²) in [6.45, 7) is 0. The number of hydrogen-bond donors (Lipinski definition) is 4. The lowest BCUT2D eigenvalue weighted by molar-refractivity contribution is -0.188. The van der Waals surface area contributed by atoms with Gasteiger partial charge in [-0.15, -0.1) is 0 Å². The van der Waals surface area contributed by atoms with E-state index in [0.29, 0.717) is 0 Å². The Morgan fingerprint density at radius 3 is 2.10 bits per heavy atom. The molecule has 0 aromatic heterocycles.